The standard InChI is InChI=1S/C18H17ClN2O3S2/c1-10(22)8-21-17(24)13-5-4-12(19)7-14(13)20-18(21)25-9-15(23)16-6-3-11(2)26-16/h3-7,10,22H,8-9H2,1-2H3/t10-/m1/s1. The van der Waals surface area contributed by atoms with Crippen LogP contribution in [-0.2, 0) is 6.54 Å². The van der Waals surface area contributed by atoms with Crippen LogP contribution in [0.25, 0.3) is 10.9 Å². The molecular weight excluding hydrogens is 392 g/mol. The number of Topliss-reactive ketones (excluding diaryl/α,β-unsaturated/α-hetero) is 1. The van der Waals surface area contributed by atoms with E-state index in [0.717, 1.165) is 4.88 Å². The minimum Gasteiger partial charge on any atom is -0.392 e. The molecule has 0 aliphatic heterocycles. The molecule has 2 heterocycles. The molecule has 0 saturated heterocycles. The number of hydrogen-bond donors (Lipinski definition) is 1. The number of rotatable bonds is 6. The highest BCUT2D eigenvalue weighted by Gasteiger charge is 2.16. The number of aryl methyl sites for hydroxylation is 1. The molecule has 1 N–H and O–H groups in total. The lowest BCUT2D eigenvalue weighted by molar-refractivity contribution is 0.102. The number of aliphatic hydroxyl groups is 1. The molecule has 5 nitrogen and oxygen atoms in total. The molecule has 0 aliphatic rings. The van der Waals surface area contributed by atoms with Gasteiger partial charge in [-0.15, -0.1) is 11.3 Å². The van der Waals surface area contributed by atoms with Crippen LogP contribution in [0, 0.1) is 6.92 Å². The summed E-state index contributed by atoms with van der Waals surface area (Å²) >= 11 is 8.64. The summed E-state index contributed by atoms with van der Waals surface area (Å²) in [5.74, 6) is 0.148. The number of aliphatic hydroxyl groups excluding tert-OH is 1. The Morgan fingerprint density at radius 3 is 2.81 bits per heavy atom. The quantitative estimate of drug-likeness (QED) is 0.382. The van der Waals surface area contributed by atoms with Crippen LogP contribution in [0.15, 0.2) is 40.3 Å². The van der Waals surface area contributed by atoms with E-state index in [1.807, 2.05) is 13.0 Å². The van der Waals surface area contributed by atoms with Crippen LogP contribution in [0.1, 0.15) is 21.5 Å². The van der Waals surface area contributed by atoms with Crippen molar-refractivity contribution in [2.45, 2.75) is 31.7 Å². The Labute approximate surface area is 163 Å². The summed E-state index contributed by atoms with van der Waals surface area (Å²) in [6, 6.07) is 8.59. The lowest BCUT2D eigenvalue weighted by Gasteiger charge is -2.14. The zero-order valence-electron chi connectivity index (χ0n) is 14.2. The van der Waals surface area contributed by atoms with E-state index in [2.05, 4.69) is 4.98 Å². The Hall–Kier alpha value is -1.67. The molecule has 136 valence electrons. The number of hydrogen-bond acceptors (Lipinski definition) is 6. The Morgan fingerprint density at radius 1 is 1.38 bits per heavy atom. The van der Waals surface area contributed by atoms with Crippen molar-refractivity contribution in [3.05, 3.63) is 55.5 Å². The second-order valence-electron chi connectivity index (χ2n) is 5.94. The van der Waals surface area contributed by atoms with Crippen molar-refractivity contribution in [1.29, 1.82) is 0 Å². The predicted octanol–water partition coefficient (Wildman–Crippen LogP) is 3.78. The Bertz CT molecular complexity index is 1030. The lowest BCUT2D eigenvalue weighted by Crippen LogP contribution is -2.28. The number of aromatic nitrogens is 2. The highest BCUT2D eigenvalue weighted by molar-refractivity contribution is 7.99. The largest absolute Gasteiger partial charge is 0.392 e. The number of thioether (sulfide) groups is 1. The van der Waals surface area contributed by atoms with E-state index in [1.54, 1.807) is 31.2 Å². The zero-order chi connectivity index (χ0) is 18.8. The van der Waals surface area contributed by atoms with Crippen molar-refractivity contribution in [2.75, 3.05) is 5.75 Å². The molecule has 3 aromatic rings. The van der Waals surface area contributed by atoms with Gasteiger partial charge in [0.15, 0.2) is 10.9 Å². The number of carbonyl (C=O) groups excluding carboxylic acids is 1. The van der Waals surface area contributed by atoms with E-state index in [-0.39, 0.29) is 23.6 Å². The number of fused-ring (bicyclic) bond motifs is 1. The third kappa shape index (κ3) is 4.17. The van der Waals surface area contributed by atoms with Gasteiger partial charge in [-0.2, -0.15) is 0 Å². The minimum absolute atomic E-state index is 0.0165. The predicted molar refractivity (Wildman–Crippen MR) is 107 cm³/mol. The van der Waals surface area contributed by atoms with Gasteiger partial charge in [0.1, 0.15) is 0 Å². The molecule has 0 saturated carbocycles. The van der Waals surface area contributed by atoms with Gasteiger partial charge in [0.25, 0.3) is 5.56 Å². The molecule has 1 atom stereocenters. The Morgan fingerprint density at radius 2 is 2.15 bits per heavy atom. The van der Waals surface area contributed by atoms with Crippen molar-refractivity contribution in [1.82, 2.24) is 9.55 Å². The molecule has 0 unspecified atom stereocenters. The van der Waals surface area contributed by atoms with Crippen LogP contribution in [0.4, 0.5) is 0 Å². The highest BCUT2D eigenvalue weighted by atomic mass is 35.5. The molecule has 0 spiro atoms. The SMILES string of the molecule is Cc1ccc(C(=O)CSc2nc3cc(Cl)ccc3c(=O)n2C[C@@H](C)O)s1. The number of thiophene rings is 1. The Kier molecular flexibility index (Phi) is 5.82. The molecule has 26 heavy (non-hydrogen) atoms. The second-order valence-corrected chi connectivity index (χ2v) is 8.61. The summed E-state index contributed by atoms with van der Waals surface area (Å²) in [6.45, 7) is 3.66. The maximum absolute atomic E-state index is 12.8. The smallest absolute Gasteiger partial charge is 0.262 e. The molecule has 8 heteroatoms. The molecule has 0 bridgehead atoms. The number of carbonyl (C=O) groups is 1. The molecule has 0 amide bonds. The number of benzene rings is 1. The van der Waals surface area contributed by atoms with Gasteiger partial charge in [-0.3, -0.25) is 14.2 Å². The third-order valence-corrected chi connectivity index (χ3v) is 5.93. The van der Waals surface area contributed by atoms with Gasteiger partial charge < -0.3 is 5.11 Å². The van der Waals surface area contributed by atoms with Gasteiger partial charge in [-0.1, -0.05) is 23.4 Å². The normalized spacial score (nSPS) is 12.5. The fraction of sp³-hybridized carbons (Fsp3) is 0.278. The molecule has 0 fully saturated rings. The molecular formula is C18H17ClN2O3S2. The van der Waals surface area contributed by atoms with Crippen molar-refractivity contribution in [3.63, 3.8) is 0 Å². The van der Waals surface area contributed by atoms with E-state index in [4.69, 9.17) is 11.6 Å². The second kappa shape index (κ2) is 7.92. The monoisotopic (exact) mass is 408 g/mol. The van der Waals surface area contributed by atoms with E-state index in [1.165, 1.54) is 27.7 Å². The van der Waals surface area contributed by atoms with Crippen LogP contribution >= 0.6 is 34.7 Å². The molecule has 0 radical (unpaired) electrons. The van der Waals surface area contributed by atoms with E-state index >= 15 is 0 Å². The number of halogens is 1. The van der Waals surface area contributed by atoms with Crippen LogP contribution in [0.2, 0.25) is 5.02 Å². The van der Waals surface area contributed by atoms with Gasteiger partial charge in [-0.05, 0) is 44.2 Å². The fourth-order valence-corrected chi connectivity index (χ4v) is 4.45. The average molecular weight is 409 g/mol. The average Bonchev–Trinajstić information content (AvgIpc) is 3.01. The van der Waals surface area contributed by atoms with Gasteiger partial charge in [0.05, 0.1) is 34.2 Å². The fourth-order valence-electron chi connectivity index (χ4n) is 2.49. The topological polar surface area (TPSA) is 72.2 Å². The summed E-state index contributed by atoms with van der Waals surface area (Å²) in [6.07, 6.45) is -0.714. The van der Waals surface area contributed by atoms with Gasteiger partial charge in [0.2, 0.25) is 0 Å². The first kappa shape index (κ1) is 19.1. The number of nitrogens with zero attached hydrogens (tertiary/aromatic N) is 2. The lowest BCUT2D eigenvalue weighted by atomic mass is 10.2. The van der Waals surface area contributed by atoms with Crippen LogP contribution < -0.4 is 5.56 Å². The summed E-state index contributed by atoms with van der Waals surface area (Å²) in [5, 5.41) is 11.1. The first-order valence-corrected chi connectivity index (χ1v) is 10.1. The highest BCUT2D eigenvalue weighted by Crippen LogP contribution is 2.23. The van der Waals surface area contributed by atoms with Crippen LogP contribution in [0.3, 0.4) is 0 Å². The van der Waals surface area contributed by atoms with Crippen LogP contribution in [-0.4, -0.2) is 32.3 Å². The van der Waals surface area contributed by atoms with Gasteiger partial charge in [0, 0.05) is 9.90 Å². The van der Waals surface area contributed by atoms with Crippen molar-refractivity contribution >= 4 is 51.4 Å². The van der Waals surface area contributed by atoms with E-state index in [9.17, 15) is 14.7 Å². The van der Waals surface area contributed by atoms with Crippen molar-refractivity contribution in [3.8, 4) is 0 Å². The Balaban J connectivity index is 1.97. The number of ketones is 1. The zero-order valence-corrected chi connectivity index (χ0v) is 16.6. The molecule has 3 rings (SSSR count). The van der Waals surface area contributed by atoms with E-state index in [0.29, 0.717) is 26.0 Å². The minimum atomic E-state index is -0.714. The first-order valence-electron chi connectivity index (χ1n) is 7.96. The van der Waals surface area contributed by atoms with E-state index < -0.39 is 6.10 Å². The van der Waals surface area contributed by atoms with Crippen molar-refractivity contribution < 1.29 is 9.90 Å². The molecule has 2 aromatic heterocycles. The van der Waals surface area contributed by atoms with Gasteiger partial charge in [-0.25, -0.2) is 4.98 Å². The van der Waals surface area contributed by atoms with Gasteiger partial charge >= 0.3 is 0 Å². The summed E-state index contributed by atoms with van der Waals surface area (Å²) in [7, 11) is 0. The summed E-state index contributed by atoms with van der Waals surface area (Å²) in [4.78, 5) is 31.4. The summed E-state index contributed by atoms with van der Waals surface area (Å²) < 4.78 is 1.42. The first-order chi connectivity index (χ1) is 12.3. The van der Waals surface area contributed by atoms with Crippen LogP contribution in [0.5, 0.6) is 0 Å². The third-order valence-electron chi connectivity index (χ3n) is 3.68. The summed E-state index contributed by atoms with van der Waals surface area (Å²) in [5.41, 5.74) is 0.223. The van der Waals surface area contributed by atoms with Crippen molar-refractivity contribution in [2.24, 2.45) is 0 Å². The molecule has 1 aromatic carbocycles. The molecule has 0 aliphatic carbocycles. The maximum Gasteiger partial charge on any atom is 0.262 e. The maximum atomic E-state index is 12.8.